The quantitative estimate of drug-likeness (QED) is 0.386. The molecule has 2 aromatic carbocycles. The van der Waals surface area contributed by atoms with Crippen molar-refractivity contribution < 1.29 is 9.90 Å². The number of hydrogen-bond donors (Lipinski definition) is 4. The third-order valence-electron chi connectivity index (χ3n) is 4.59. The molecule has 0 aliphatic heterocycles. The Labute approximate surface area is 162 Å². The molecule has 4 N–H and O–H groups in total. The molecule has 0 fully saturated rings. The smallest absolute Gasteiger partial charge is 0.326 e. The van der Waals surface area contributed by atoms with Crippen LogP contribution in [0.25, 0.3) is 10.9 Å². The van der Waals surface area contributed by atoms with Gasteiger partial charge in [-0.15, -0.1) is 0 Å². The lowest BCUT2D eigenvalue weighted by Gasteiger charge is -2.16. The van der Waals surface area contributed by atoms with Gasteiger partial charge >= 0.3 is 5.97 Å². The minimum absolute atomic E-state index is 0.385. The molecule has 2 aromatic heterocycles. The van der Waals surface area contributed by atoms with Gasteiger partial charge in [0.15, 0.2) is 0 Å². The number of aromatic nitrogens is 2. The molecule has 0 spiro atoms. The van der Waals surface area contributed by atoms with Crippen molar-refractivity contribution in [3.63, 3.8) is 0 Å². The van der Waals surface area contributed by atoms with Gasteiger partial charge in [-0.05, 0) is 48.0 Å². The van der Waals surface area contributed by atoms with Gasteiger partial charge in [-0.3, -0.25) is 4.98 Å². The summed E-state index contributed by atoms with van der Waals surface area (Å²) in [6.07, 6.45) is 5.71. The third-order valence-corrected chi connectivity index (χ3v) is 4.59. The highest BCUT2D eigenvalue weighted by Crippen LogP contribution is 2.22. The maximum Gasteiger partial charge on any atom is 0.326 e. The van der Waals surface area contributed by atoms with Crippen molar-refractivity contribution in [1.82, 2.24) is 9.97 Å². The van der Waals surface area contributed by atoms with Gasteiger partial charge in [0.2, 0.25) is 0 Å². The molecular weight excluding hydrogens is 352 g/mol. The lowest BCUT2D eigenvalue weighted by Crippen LogP contribution is -2.31. The first-order chi connectivity index (χ1) is 13.7. The molecule has 0 amide bonds. The predicted octanol–water partition coefficient (Wildman–Crippen LogP) is 4.41. The van der Waals surface area contributed by atoms with Crippen molar-refractivity contribution >= 4 is 33.9 Å². The summed E-state index contributed by atoms with van der Waals surface area (Å²) in [4.78, 5) is 19.0. The Morgan fingerprint density at radius 3 is 2.39 bits per heavy atom. The van der Waals surface area contributed by atoms with E-state index in [1.165, 1.54) is 0 Å². The van der Waals surface area contributed by atoms with Crippen molar-refractivity contribution in [2.75, 3.05) is 10.6 Å². The molecule has 4 rings (SSSR count). The van der Waals surface area contributed by atoms with Gasteiger partial charge in [-0.25, -0.2) is 4.79 Å². The summed E-state index contributed by atoms with van der Waals surface area (Å²) in [5, 5.41) is 17.1. The number of rotatable bonds is 7. The highest BCUT2D eigenvalue weighted by Gasteiger charge is 2.19. The van der Waals surface area contributed by atoms with Crippen LogP contribution in [0, 0.1) is 0 Å². The maximum absolute atomic E-state index is 11.8. The van der Waals surface area contributed by atoms with Crippen LogP contribution in [0.5, 0.6) is 0 Å². The standard InChI is InChI=1S/C22H20N4O2/c27-22(28)21(13-15-14-24-20-4-2-1-3-19(15)20)26-17-7-5-16(6-8-17)25-18-9-11-23-12-10-18/h1-12,14,21,24,26H,13H2,(H,23,25)(H,27,28). The van der Waals surface area contributed by atoms with Gasteiger partial charge in [-0.2, -0.15) is 0 Å². The number of nitrogens with one attached hydrogen (secondary N) is 3. The van der Waals surface area contributed by atoms with Crippen LogP contribution in [0.2, 0.25) is 0 Å². The fourth-order valence-electron chi connectivity index (χ4n) is 3.17. The number of pyridine rings is 1. The molecule has 0 radical (unpaired) electrons. The lowest BCUT2D eigenvalue weighted by atomic mass is 10.0. The van der Waals surface area contributed by atoms with Gasteiger partial charge in [0, 0.05) is 53.0 Å². The van der Waals surface area contributed by atoms with Crippen LogP contribution in [0.4, 0.5) is 17.1 Å². The summed E-state index contributed by atoms with van der Waals surface area (Å²) < 4.78 is 0. The number of carboxylic acids is 1. The Hall–Kier alpha value is -3.80. The first kappa shape index (κ1) is 17.6. The van der Waals surface area contributed by atoms with Crippen molar-refractivity contribution in [3.05, 3.63) is 84.8 Å². The average molecular weight is 372 g/mol. The Balaban J connectivity index is 1.46. The van der Waals surface area contributed by atoms with Gasteiger partial charge in [0.05, 0.1) is 0 Å². The summed E-state index contributed by atoms with van der Waals surface area (Å²) >= 11 is 0. The van der Waals surface area contributed by atoms with Crippen molar-refractivity contribution in [2.24, 2.45) is 0 Å². The lowest BCUT2D eigenvalue weighted by molar-refractivity contribution is -0.137. The molecule has 6 nitrogen and oxygen atoms in total. The van der Waals surface area contributed by atoms with E-state index in [2.05, 4.69) is 20.6 Å². The largest absolute Gasteiger partial charge is 0.480 e. The zero-order valence-electron chi connectivity index (χ0n) is 15.1. The summed E-state index contributed by atoms with van der Waals surface area (Å²) in [7, 11) is 0. The number of H-pyrrole nitrogens is 1. The molecule has 6 heteroatoms. The fraction of sp³-hybridized carbons (Fsp3) is 0.0909. The van der Waals surface area contributed by atoms with E-state index >= 15 is 0 Å². The second kappa shape index (κ2) is 7.84. The van der Waals surface area contributed by atoms with Crippen LogP contribution in [-0.4, -0.2) is 27.1 Å². The molecule has 0 aliphatic rings. The predicted molar refractivity (Wildman–Crippen MR) is 111 cm³/mol. The van der Waals surface area contributed by atoms with E-state index in [-0.39, 0.29) is 0 Å². The second-order valence-electron chi connectivity index (χ2n) is 6.54. The number of aromatic amines is 1. The minimum atomic E-state index is -0.885. The van der Waals surface area contributed by atoms with Crippen LogP contribution < -0.4 is 10.6 Å². The number of para-hydroxylation sites is 1. The Kier molecular flexibility index (Phi) is 4.93. The van der Waals surface area contributed by atoms with Crippen LogP contribution in [0.1, 0.15) is 5.56 Å². The van der Waals surface area contributed by atoms with Crippen LogP contribution in [0.15, 0.2) is 79.3 Å². The number of nitrogens with zero attached hydrogens (tertiary/aromatic N) is 1. The highest BCUT2D eigenvalue weighted by atomic mass is 16.4. The molecule has 4 aromatic rings. The summed E-state index contributed by atoms with van der Waals surface area (Å²) in [5.41, 5.74) is 4.60. The Morgan fingerprint density at radius 2 is 1.64 bits per heavy atom. The Morgan fingerprint density at radius 1 is 0.964 bits per heavy atom. The van der Waals surface area contributed by atoms with Crippen LogP contribution in [0.3, 0.4) is 0 Å². The fourth-order valence-corrected chi connectivity index (χ4v) is 3.17. The molecule has 1 unspecified atom stereocenters. The molecule has 0 bridgehead atoms. The zero-order chi connectivity index (χ0) is 19.3. The van der Waals surface area contributed by atoms with Gasteiger partial charge in [0.25, 0.3) is 0 Å². The van der Waals surface area contributed by atoms with Gasteiger partial charge in [0.1, 0.15) is 6.04 Å². The molecule has 2 heterocycles. The van der Waals surface area contributed by atoms with Gasteiger partial charge < -0.3 is 20.7 Å². The average Bonchev–Trinajstić information content (AvgIpc) is 3.13. The van der Waals surface area contributed by atoms with E-state index in [0.717, 1.165) is 33.5 Å². The number of hydrogen-bond acceptors (Lipinski definition) is 4. The number of fused-ring (bicyclic) bond motifs is 1. The highest BCUT2D eigenvalue weighted by molar-refractivity contribution is 5.85. The molecule has 0 aliphatic carbocycles. The molecular formula is C22H20N4O2. The maximum atomic E-state index is 11.8. The van der Waals surface area contributed by atoms with E-state index in [1.807, 2.05) is 66.9 Å². The Bertz CT molecular complexity index is 1070. The SMILES string of the molecule is O=C(O)C(Cc1c[nH]c2ccccc12)Nc1ccc(Nc2ccncc2)cc1. The summed E-state index contributed by atoms with van der Waals surface area (Å²) in [5.74, 6) is -0.885. The molecule has 0 saturated heterocycles. The van der Waals surface area contributed by atoms with E-state index in [1.54, 1.807) is 12.4 Å². The second-order valence-corrected chi connectivity index (χ2v) is 6.54. The normalized spacial score (nSPS) is 11.9. The van der Waals surface area contributed by atoms with E-state index in [9.17, 15) is 9.90 Å². The topological polar surface area (TPSA) is 90.0 Å². The molecule has 140 valence electrons. The number of carbonyl (C=O) groups is 1. The van der Waals surface area contributed by atoms with Crippen molar-refractivity contribution in [1.29, 1.82) is 0 Å². The summed E-state index contributed by atoms with van der Waals surface area (Å²) in [6.45, 7) is 0. The minimum Gasteiger partial charge on any atom is -0.480 e. The van der Waals surface area contributed by atoms with E-state index in [0.29, 0.717) is 6.42 Å². The van der Waals surface area contributed by atoms with E-state index in [4.69, 9.17) is 0 Å². The van der Waals surface area contributed by atoms with Crippen molar-refractivity contribution in [3.8, 4) is 0 Å². The first-order valence-electron chi connectivity index (χ1n) is 9.00. The first-order valence-corrected chi connectivity index (χ1v) is 9.00. The monoisotopic (exact) mass is 372 g/mol. The van der Waals surface area contributed by atoms with Crippen LogP contribution in [-0.2, 0) is 11.2 Å². The number of aliphatic carboxylic acids is 1. The molecule has 0 saturated carbocycles. The number of carboxylic acid groups (broad SMARTS) is 1. The van der Waals surface area contributed by atoms with E-state index < -0.39 is 12.0 Å². The third kappa shape index (κ3) is 3.96. The molecule has 1 atom stereocenters. The number of anilines is 3. The van der Waals surface area contributed by atoms with Crippen molar-refractivity contribution in [2.45, 2.75) is 12.5 Å². The molecule has 28 heavy (non-hydrogen) atoms. The van der Waals surface area contributed by atoms with Gasteiger partial charge in [-0.1, -0.05) is 18.2 Å². The van der Waals surface area contributed by atoms with Crippen LogP contribution >= 0.6 is 0 Å². The number of benzene rings is 2. The zero-order valence-corrected chi connectivity index (χ0v) is 15.1. The summed E-state index contributed by atoms with van der Waals surface area (Å²) in [6, 6.07) is 18.5.